The highest BCUT2D eigenvalue weighted by atomic mass is 16.5. The molecule has 10 heteroatoms. The van der Waals surface area contributed by atoms with E-state index in [1.807, 2.05) is 48.5 Å². The van der Waals surface area contributed by atoms with Crippen molar-refractivity contribution >= 4 is 17.6 Å². The molecule has 0 amide bonds. The molecule has 180 valence electrons. The number of aromatic nitrogens is 2. The Morgan fingerprint density at radius 3 is 2.56 bits per heavy atom. The molecule has 0 aliphatic heterocycles. The first-order chi connectivity index (χ1) is 16.4. The molecule has 3 rings (SSSR count). The molecule has 0 aliphatic carbocycles. The van der Waals surface area contributed by atoms with Crippen LogP contribution in [-0.4, -0.2) is 41.6 Å². The molecular weight excluding hydrogens is 436 g/mol. The van der Waals surface area contributed by atoms with Crippen LogP contribution in [0.5, 0.6) is 5.75 Å². The summed E-state index contributed by atoms with van der Waals surface area (Å²) >= 11 is 0. The maximum atomic E-state index is 12.1. The number of aromatic amines is 1. The lowest BCUT2D eigenvalue weighted by Gasteiger charge is -2.09. The highest BCUT2D eigenvalue weighted by Gasteiger charge is 2.13. The average molecular weight is 467 g/mol. The number of methoxy groups -OCH3 is 1. The van der Waals surface area contributed by atoms with Crippen LogP contribution in [0, 0.1) is 5.41 Å². The Hall–Kier alpha value is -4.05. The van der Waals surface area contributed by atoms with Crippen molar-refractivity contribution < 1.29 is 14.3 Å². The molecule has 7 N–H and O–H groups in total. The zero-order valence-corrected chi connectivity index (χ0v) is 19.1. The molecule has 2 aromatic carbocycles. The smallest absolute Gasteiger partial charge is 0.328 e. The van der Waals surface area contributed by atoms with E-state index in [4.69, 9.17) is 26.4 Å². The number of nitrogen functional groups attached to an aromatic ring is 2. The summed E-state index contributed by atoms with van der Waals surface area (Å²) in [6, 6.07) is 15.3. The van der Waals surface area contributed by atoms with Crippen molar-refractivity contribution in [3.8, 4) is 5.75 Å². The third-order valence-corrected chi connectivity index (χ3v) is 5.22. The van der Waals surface area contributed by atoms with Gasteiger partial charge in [-0.2, -0.15) is 0 Å². The molecule has 1 aromatic heterocycles. The summed E-state index contributed by atoms with van der Waals surface area (Å²) in [6.45, 7) is 2.31. The largest absolute Gasteiger partial charge is 0.494 e. The highest BCUT2D eigenvalue weighted by Crippen LogP contribution is 2.15. The number of benzene rings is 2. The van der Waals surface area contributed by atoms with Gasteiger partial charge in [0.25, 0.3) is 0 Å². The minimum absolute atomic E-state index is 0.132. The van der Waals surface area contributed by atoms with Crippen LogP contribution in [-0.2, 0) is 29.0 Å². The van der Waals surface area contributed by atoms with Crippen molar-refractivity contribution in [2.45, 2.75) is 25.9 Å². The number of H-pyrrole nitrogens is 1. The maximum Gasteiger partial charge on any atom is 0.328 e. The Morgan fingerprint density at radius 1 is 1.15 bits per heavy atom. The molecule has 3 aromatic rings. The number of nitrogens with zero attached hydrogens (tertiary/aromatic N) is 1. The Labute approximate surface area is 197 Å². The molecule has 0 bridgehead atoms. The molecule has 0 aliphatic rings. The van der Waals surface area contributed by atoms with Gasteiger partial charge < -0.3 is 31.2 Å². The van der Waals surface area contributed by atoms with Crippen molar-refractivity contribution in [3.05, 3.63) is 81.4 Å². The number of imidazole rings is 1. The van der Waals surface area contributed by atoms with Gasteiger partial charge in [-0.3, -0.25) is 14.8 Å². The minimum Gasteiger partial charge on any atom is -0.494 e. The van der Waals surface area contributed by atoms with Crippen LogP contribution in [0.25, 0.3) is 0 Å². The molecule has 0 atom stereocenters. The standard InChI is InChI=1S/C24H30N6O4/c1-33-20(31)13-17-4-2-5-18(12-17)14-28-10-3-11-34-19-8-6-16(7-9-19)15-30-23(27)21(22(25)26)29-24(30)32/h2,4-9,12,28H,3,10-11,13-15,27H2,1H3,(H3,25,26)(H,29,32). The first-order valence-electron chi connectivity index (χ1n) is 10.9. The van der Waals surface area contributed by atoms with E-state index in [9.17, 15) is 9.59 Å². The van der Waals surface area contributed by atoms with E-state index in [1.54, 1.807) is 0 Å². The number of nitrogens with two attached hydrogens (primary N) is 2. The third-order valence-electron chi connectivity index (χ3n) is 5.22. The van der Waals surface area contributed by atoms with E-state index in [0.29, 0.717) is 13.2 Å². The van der Waals surface area contributed by atoms with Gasteiger partial charge in [0.05, 0.1) is 26.7 Å². The van der Waals surface area contributed by atoms with Crippen LogP contribution in [0.2, 0.25) is 0 Å². The van der Waals surface area contributed by atoms with Crippen LogP contribution in [0.15, 0.2) is 53.3 Å². The van der Waals surface area contributed by atoms with E-state index in [1.165, 1.54) is 11.7 Å². The van der Waals surface area contributed by atoms with Gasteiger partial charge in [0.1, 0.15) is 23.1 Å². The number of anilines is 1. The lowest BCUT2D eigenvalue weighted by atomic mass is 10.1. The van der Waals surface area contributed by atoms with E-state index >= 15 is 0 Å². The Bertz CT molecular complexity index is 1180. The van der Waals surface area contributed by atoms with E-state index in [0.717, 1.165) is 35.4 Å². The number of hydrogen-bond donors (Lipinski definition) is 5. The molecule has 0 spiro atoms. The molecule has 0 saturated carbocycles. The summed E-state index contributed by atoms with van der Waals surface area (Å²) in [5.41, 5.74) is 14.0. The van der Waals surface area contributed by atoms with Crippen molar-refractivity contribution in [2.75, 3.05) is 26.0 Å². The Morgan fingerprint density at radius 2 is 1.88 bits per heavy atom. The predicted molar refractivity (Wildman–Crippen MR) is 130 cm³/mol. The van der Waals surface area contributed by atoms with E-state index < -0.39 is 5.69 Å². The lowest BCUT2D eigenvalue weighted by molar-refractivity contribution is -0.139. The van der Waals surface area contributed by atoms with Crippen LogP contribution >= 0.6 is 0 Å². The summed E-state index contributed by atoms with van der Waals surface area (Å²) in [7, 11) is 1.39. The number of nitrogens with one attached hydrogen (secondary N) is 3. The number of ether oxygens (including phenoxy) is 2. The van der Waals surface area contributed by atoms with Gasteiger partial charge >= 0.3 is 11.7 Å². The van der Waals surface area contributed by atoms with Gasteiger partial charge in [-0.15, -0.1) is 0 Å². The summed E-state index contributed by atoms with van der Waals surface area (Å²) in [6.07, 6.45) is 1.10. The molecule has 0 saturated heterocycles. The zero-order chi connectivity index (χ0) is 24.5. The zero-order valence-electron chi connectivity index (χ0n) is 19.1. The van der Waals surface area contributed by atoms with Crippen LogP contribution < -0.4 is 27.2 Å². The van der Waals surface area contributed by atoms with Gasteiger partial charge in [-0.05, 0) is 41.8 Å². The van der Waals surface area contributed by atoms with Gasteiger partial charge in [-0.1, -0.05) is 36.4 Å². The number of carbonyl (C=O) groups excluding carboxylic acids is 1. The van der Waals surface area contributed by atoms with Gasteiger partial charge in [-0.25, -0.2) is 4.79 Å². The average Bonchev–Trinajstić information content (AvgIpc) is 3.11. The quantitative estimate of drug-likeness (QED) is 0.117. The Balaban J connectivity index is 1.39. The number of amidine groups is 1. The summed E-state index contributed by atoms with van der Waals surface area (Å²) in [5.74, 6) is 0.345. The summed E-state index contributed by atoms with van der Waals surface area (Å²) in [4.78, 5) is 26.0. The lowest BCUT2D eigenvalue weighted by Crippen LogP contribution is -2.19. The summed E-state index contributed by atoms with van der Waals surface area (Å²) in [5, 5.41) is 10.8. The van der Waals surface area contributed by atoms with Crippen LogP contribution in [0.4, 0.5) is 5.82 Å². The monoisotopic (exact) mass is 466 g/mol. The molecule has 0 fully saturated rings. The number of rotatable bonds is 12. The van der Waals surface area contributed by atoms with Crippen LogP contribution in [0.3, 0.4) is 0 Å². The molecule has 0 unspecified atom stereocenters. The van der Waals surface area contributed by atoms with Gasteiger partial charge in [0.15, 0.2) is 0 Å². The van der Waals surface area contributed by atoms with E-state index in [2.05, 4.69) is 10.3 Å². The molecule has 0 radical (unpaired) electrons. The normalized spacial score (nSPS) is 10.7. The van der Waals surface area contributed by atoms with Crippen molar-refractivity contribution in [2.24, 2.45) is 5.73 Å². The fourth-order valence-corrected chi connectivity index (χ4v) is 3.43. The number of hydrogen-bond acceptors (Lipinski definition) is 7. The maximum absolute atomic E-state index is 12.1. The highest BCUT2D eigenvalue weighted by molar-refractivity contribution is 5.97. The third kappa shape index (κ3) is 6.72. The first kappa shape index (κ1) is 24.6. The van der Waals surface area contributed by atoms with Gasteiger partial charge in [0, 0.05) is 6.54 Å². The van der Waals surface area contributed by atoms with Gasteiger partial charge in [0.2, 0.25) is 0 Å². The molecule has 34 heavy (non-hydrogen) atoms. The second-order valence-electron chi connectivity index (χ2n) is 7.79. The van der Waals surface area contributed by atoms with Crippen molar-refractivity contribution in [1.29, 1.82) is 5.41 Å². The molecule has 10 nitrogen and oxygen atoms in total. The number of esters is 1. The molecular formula is C24H30N6O4. The number of carbonyl (C=O) groups is 1. The van der Waals surface area contributed by atoms with Crippen molar-refractivity contribution in [3.63, 3.8) is 0 Å². The molecule has 1 heterocycles. The predicted octanol–water partition coefficient (Wildman–Crippen LogP) is 1.37. The van der Waals surface area contributed by atoms with Crippen molar-refractivity contribution in [1.82, 2.24) is 14.9 Å². The fourth-order valence-electron chi connectivity index (χ4n) is 3.43. The Kier molecular flexibility index (Phi) is 8.47. The van der Waals surface area contributed by atoms with E-state index in [-0.39, 0.29) is 36.3 Å². The summed E-state index contributed by atoms with van der Waals surface area (Å²) < 4.78 is 11.8. The second kappa shape index (κ2) is 11.7. The first-order valence-corrected chi connectivity index (χ1v) is 10.9. The minimum atomic E-state index is -0.411. The second-order valence-corrected chi connectivity index (χ2v) is 7.79. The SMILES string of the molecule is COC(=O)Cc1cccc(CNCCCOc2ccc(Cn3c(N)c(C(=N)N)[nH]c3=O)cc2)c1. The van der Waals surface area contributed by atoms with Crippen LogP contribution in [0.1, 0.15) is 28.8 Å². The topological polar surface area (TPSA) is 161 Å². The fraction of sp³-hybridized carbons (Fsp3) is 0.292.